The third kappa shape index (κ3) is 2.76. The molecule has 0 radical (unpaired) electrons. The van der Waals surface area contributed by atoms with Crippen molar-refractivity contribution < 1.29 is 4.74 Å². The number of hydrogen-bond acceptors (Lipinski definition) is 3. The van der Waals surface area contributed by atoms with Crippen molar-refractivity contribution in [2.75, 3.05) is 33.3 Å². The minimum absolute atomic E-state index is 0.208. The summed E-state index contributed by atoms with van der Waals surface area (Å²) in [4.78, 5) is 2.58. The van der Waals surface area contributed by atoms with Crippen LogP contribution in [0.2, 0.25) is 0 Å². The predicted octanol–water partition coefficient (Wildman–Crippen LogP) is 1.63. The van der Waals surface area contributed by atoms with Crippen molar-refractivity contribution in [2.45, 2.75) is 50.7 Å². The van der Waals surface area contributed by atoms with Gasteiger partial charge in [-0.3, -0.25) is 4.90 Å². The quantitative estimate of drug-likeness (QED) is 0.745. The third-order valence-electron chi connectivity index (χ3n) is 4.16. The first kappa shape index (κ1) is 12.3. The van der Waals surface area contributed by atoms with Gasteiger partial charge in [0.1, 0.15) is 0 Å². The molecule has 1 aliphatic carbocycles. The van der Waals surface area contributed by atoms with Crippen LogP contribution in [0.1, 0.15) is 39.0 Å². The van der Waals surface area contributed by atoms with Gasteiger partial charge in [0.05, 0.1) is 5.60 Å². The minimum Gasteiger partial charge on any atom is -0.377 e. The summed E-state index contributed by atoms with van der Waals surface area (Å²) >= 11 is 0. The standard InChI is InChI=1S/C13H26N2O/c1-3-8-14-12-5-9-15(10-12)11-13(16-2)6-4-7-13/h12,14H,3-11H2,1-2H3. The maximum Gasteiger partial charge on any atom is 0.0805 e. The van der Waals surface area contributed by atoms with Gasteiger partial charge in [0, 0.05) is 26.2 Å². The Kier molecular flexibility index (Phi) is 4.22. The van der Waals surface area contributed by atoms with Gasteiger partial charge in [-0.2, -0.15) is 0 Å². The molecule has 0 spiro atoms. The lowest BCUT2D eigenvalue weighted by atomic mass is 9.79. The van der Waals surface area contributed by atoms with E-state index in [1.54, 1.807) is 0 Å². The molecule has 1 aliphatic heterocycles. The minimum atomic E-state index is 0.208. The van der Waals surface area contributed by atoms with E-state index in [1.165, 1.54) is 45.2 Å². The molecule has 2 aliphatic rings. The highest BCUT2D eigenvalue weighted by molar-refractivity contribution is 4.94. The molecule has 0 aromatic rings. The second-order valence-corrected chi connectivity index (χ2v) is 5.42. The molecular weight excluding hydrogens is 200 g/mol. The molecular formula is C13H26N2O. The van der Waals surface area contributed by atoms with Gasteiger partial charge in [-0.1, -0.05) is 6.92 Å². The van der Waals surface area contributed by atoms with E-state index in [0.717, 1.165) is 13.1 Å². The van der Waals surface area contributed by atoms with Crippen LogP contribution in [0.25, 0.3) is 0 Å². The Bertz CT molecular complexity index is 210. The Balaban J connectivity index is 1.72. The molecule has 1 N–H and O–H groups in total. The summed E-state index contributed by atoms with van der Waals surface area (Å²) in [5, 5.41) is 3.62. The van der Waals surface area contributed by atoms with Crippen LogP contribution in [-0.4, -0.2) is 49.8 Å². The summed E-state index contributed by atoms with van der Waals surface area (Å²) in [5.74, 6) is 0. The van der Waals surface area contributed by atoms with E-state index in [-0.39, 0.29) is 5.60 Å². The summed E-state index contributed by atoms with van der Waals surface area (Å²) < 4.78 is 5.69. The summed E-state index contributed by atoms with van der Waals surface area (Å²) in [6.07, 6.45) is 6.40. The monoisotopic (exact) mass is 226 g/mol. The molecule has 2 rings (SSSR count). The molecule has 0 aromatic heterocycles. The Hall–Kier alpha value is -0.120. The van der Waals surface area contributed by atoms with Crippen LogP contribution < -0.4 is 5.32 Å². The molecule has 2 fully saturated rings. The second kappa shape index (κ2) is 5.48. The zero-order valence-corrected chi connectivity index (χ0v) is 10.8. The van der Waals surface area contributed by atoms with Gasteiger partial charge in [0.25, 0.3) is 0 Å². The van der Waals surface area contributed by atoms with Crippen LogP contribution in [0.3, 0.4) is 0 Å². The molecule has 1 unspecified atom stereocenters. The zero-order chi connectivity index (χ0) is 11.4. The Morgan fingerprint density at radius 2 is 2.25 bits per heavy atom. The fourth-order valence-corrected chi connectivity index (χ4v) is 2.90. The van der Waals surface area contributed by atoms with Crippen LogP contribution in [0.15, 0.2) is 0 Å². The summed E-state index contributed by atoms with van der Waals surface area (Å²) in [6, 6.07) is 0.717. The summed E-state index contributed by atoms with van der Waals surface area (Å²) in [6.45, 7) is 6.99. The number of nitrogens with zero attached hydrogens (tertiary/aromatic N) is 1. The molecule has 0 aromatic carbocycles. The van der Waals surface area contributed by atoms with Crippen LogP contribution in [-0.2, 0) is 4.74 Å². The highest BCUT2D eigenvalue weighted by Gasteiger charge is 2.39. The SMILES string of the molecule is CCCNC1CCN(CC2(OC)CCC2)C1. The molecule has 1 atom stereocenters. The van der Waals surface area contributed by atoms with Crippen LogP contribution in [0, 0.1) is 0 Å². The van der Waals surface area contributed by atoms with Crippen molar-refractivity contribution >= 4 is 0 Å². The van der Waals surface area contributed by atoms with E-state index in [4.69, 9.17) is 4.74 Å². The van der Waals surface area contributed by atoms with Crippen molar-refractivity contribution in [1.82, 2.24) is 10.2 Å². The number of nitrogens with one attached hydrogen (secondary N) is 1. The van der Waals surface area contributed by atoms with Gasteiger partial charge in [0.15, 0.2) is 0 Å². The van der Waals surface area contributed by atoms with Crippen molar-refractivity contribution in [3.63, 3.8) is 0 Å². The number of methoxy groups -OCH3 is 1. The molecule has 1 saturated heterocycles. The average Bonchev–Trinajstić information content (AvgIpc) is 2.68. The maximum atomic E-state index is 5.69. The van der Waals surface area contributed by atoms with Crippen molar-refractivity contribution in [3.8, 4) is 0 Å². The van der Waals surface area contributed by atoms with Crippen LogP contribution in [0.4, 0.5) is 0 Å². The van der Waals surface area contributed by atoms with E-state index in [0.29, 0.717) is 6.04 Å². The van der Waals surface area contributed by atoms with Crippen LogP contribution in [0.5, 0.6) is 0 Å². The predicted molar refractivity (Wildman–Crippen MR) is 66.7 cm³/mol. The second-order valence-electron chi connectivity index (χ2n) is 5.42. The van der Waals surface area contributed by atoms with Gasteiger partial charge < -0.3 is 10.1 Å². The molecule has 94 valence electrons. The normalized spacial score (nSPS) is 29.2. The largest absolute Gasteiger partial charge is 0.377 e. The third-order valence-corrected chi connectivity index (χ3v) is 4.16. The topological polar surface area (TPSA) is 24.5 Å². The maximum absolute atomic E-state index is 5.69. The van der Waals surface area contributed by atoms with E-state index in [9.17, 15) is 0 Å². The molecule has 3 nitrogen and oxygen atoms in total. The molecule has 3 heteroatoms. The van der Waals surface area contributed by atoms with E-state index >= 15 is 0 Å². The molecule has 0 amide bonds. The zero-order valence-electron chi connectivity index (χ0n) is 10.8. The molecule has 1 saturated carbocycles. The Labute approximate surface area is 99.5 Å². The summed E-state index contributed by atoms with van der Waals surface area (Å²) in [5.41, 5.74) is 0.208. The number of ether oxygens (including phenoxy) is 1. The van der Waals surface area contributed by atoms with E-state index < -0.39 is 0 Å². The van der Waals surface area contributed by atoms with Gasteiger partial charge in [-0.15, -0.1) is 0 Å². The van der Waals surface area contributed by atoms with E-state index in [1.807, 2.05) is 7.11 Å². The lowest BCUT2D eigenvalue weighted by molar-refractivity contribution is -0.0886. The number of hydrogen-bond donors (Lipinski definition) is 1. The van der Waals surface area contributed by atoms with Crippen molar-refractivity contribution in [1.29, 1.82) is 0 Å². The first-order chi connectivity index (χ1) is 7.78. The Morgan fingerprint density at radius 3 is 2.81 bits per heavy atom. The van der Waals surface area contributed by atoms with E-state index in [2.05, 4.69) is 17.1 Å². The molecule has 0 bridgehead atoms. The summed E-state index contributed by atoms with van der Waals surface area (Å²) in [7, 11) is 1.88. The average molecular weight is 226 g/mol. The van der Waals surface area contributed by atoms with Gasteiger partial charge in [-0.05, 0) is 45.2 Å². The fraction of sp³-hybridized carbons (Fsp3) is 1.00. The Morgan fingerprint density at radius 1 is 1.44 bits per heavy atom. The number of likely N-dealkylation sites (tertiary alicyclic amines) is 1. The van der Waals surface area contributed by atoms with Gasteiger partial charge >= 0.3 is 0 Å². The highest BCUT2D eigenvalue weighted by atomic mass is 16.5. The first-order valence-electron chi connectivity index (χ1n) is 6.79. The van der Waals surface area contributed by atoms with Gasteiger partial charge in [0.2, 0.25) is 0 Å². The van der Waals surface area contributed by atoms with Crippen molar-refractivity contribution in [3.05, 3.63) is 0 Å². The smallest absolute Gasteiger partial charge is 0.0805 e. The first-order valence-corrected chi connectivity index (χ1v) is 6.79. The van der Waals surface area contributed by atoms with Crippen molar-refractivity contribution in [2.24, 2.45) is 0 Å². The lowest BCUT2D eigenvalue weighted by Crippen LogP contribution is -2.49. The number of rotatable bonds is 6. The van der Waals surface area contributed by atoms with Crippen LogP contribution >= 0.6 is 0 Å². The van der Waals surface area contributed by atoms with Gasteiger partial charge in [-0.25, -0.2) is 0 Å². The fourth-order valence-electron chi connectivity index (χ4n) is 2.90. The highest BCUT2D eigenvalue weighted by Crippen LogP contribution is 2.36. The lowest BCUT2D eigenvalue weighted by Gasteiger charge is -2.43. The molecule has 16 heavy (non-hydrogen) atoms. The molecule has 1 heterocycles.